The number of rotatable bonds is 7. The smallest absolute Gasteiger partial charge is 0.240 e. The summed E-state index contributed by atoms with van der Waals surface area (Å²) in [6, 6.07) is 4.69. The Labute approximate surface area is 114 Å². The van der Waals surface area contributed by atoms with Crippen LogP contribution in [0, 0.1) is 0 Å². The first kappa shape index (κ1) is 15.7. The lowest BCUT2D eigenvalue weighted by atomic mass is 10.2. The molecule has 0 bridgehead atoms. The Morgan fingerprint density at radius 3 is 2.63 bits per heavy atom. The Morgan fingerprint density at radius 2 is 2.11 bits per heavy atom. The van der Waals surface area contributed by atoms with Gasteiger partial charge in [-0.2, -0.15) is 0 Å². The molecule has 3 N–H and O–H groups in total. The Bertz CT molecular complexity index is 517. The van der Waals surface area contributed by atoms with Crippen LogP contribution in [0.15, 0.2) is 23.1 Å². The van der Waals surface area contributed by atoms with Crippen molar-refractivity contribution in [3.63, 3.8) is 0 Å². The molecule has 0 spiro atoms. The van der Waals surface area contributed by atoms with Crippen LogP contribution in [0.25, 0.3) is 0 Å². The number of nitrogens with two attached hydrogens (primary N) is 1. The van der Waals surface area contributed by atoms with Gasteiger partial charge in [0.2, 0.25) is 10.0 Å². The highest BCUT2D eigenvalue weighted by molar-refractivity contribution is 7.89. The first-order valence-corrected chi connectivity index (χ1v) is 7.52. The number of nitrogen functional groups attached to an aromatic ring is 1. The molecule has 1 aromatic carbocycles. The molecule has 108 valence electrons. The van der Waals surface area contributed by atoms with Crippen molar-refractivity contribution in [1.82, 2.24) is 4.72 Å². The first-order valence-electron chi connectivity index (χ1n) is 6.04. The molecule has 7 heteroatoms. The molecule has 0 unspecified atom stereocenters. The van der Waals surface area contributed by atoms with Crippen molar-refractivity contribution < 1.29 is 13.2 Å². The van der Waals surface area contributed by atoms with Crippen molar-refractivity contribution in [2.75, 3.05) is 44.5 Å². The first-order chi connectivity index (χ1) is 8.92. The third-order valence-electron chi connectivity index (χ3n) is 2.76. The predicted molar refractivity (Wildman–Crippen MR) is 76.9 cm³/mol. The van der Waals surface area contributed by atoms with E-state index >= 15 is 0 Å². The van der Waals surface area contributed by atoms with Crippen molar-refractivity contribution in [3.05, 3.63) is 18.2 Å². The third-order valence-corrected chi connectivity index (χ3v) is 4.18. The van der Waals surface area contributed by atoms with E-state index < -0.39 is 10.0 Å². The van der Waals surface area contributed by atoms with Crippen molar-refractivity contribution in [2.24, 2.45) is 0 Å². The van der Waals surface area contributed by atoms with Crippen LogP contribution in [0.4, 0.5) is 11.4 Å². The van der Waals surface area contributed by atoms with Crippen LogP contribution in [0.5, 0.6) is 0 Å². The zero-order valence-electron chi connectivity index (χ0n) is 11.5. The van der Waals surface area contributed by atoms with Gasteiger partial charge in [-0.15, -0.1) is 0 Å². The van der Waals surface area contributed by atoms with Gasteiger partial charge in [0.15, 0.2) is 0 Å². The maximum Gasteiger partial charge on any atom is 0.240 e. The van der Waals surface area contributed by atoms with Gasteiger partial charge >= 0.3 is 0 Å². The fraction of sp³-hybridized carbons (Fsp3) is 0.500. The minimum atomic E-state index is -3.46. The number of ether oxygens (including phenoxy) is 1. The summed E-state index contributed by atoms with van der Waals surface area (Å²) in [4.78, 5) is 2.09. The van der Waals surface area contributed by atoms with Crippen LogP contribution in [-0.4, -0.2) is 42.3 Å². The van der Waals surface area contributed by atoms with Gasteiger partial charge in [-0.25, -0.2) is 13.1 Å². The molecule has 1 aromatic rings. The molecule has 0 saturated heterocycles. The van der Waals surface area contributed by atoms with E-state index in [1.54, 1.807) is 6.07 Å². The minimum Gasteiger partial charge on any atom is -0.397 e. The summed E-state index contributed by atoms with van der Waals surface area (Å²) in [7, 11) is -0.203. The molecule has 0 aliphatic rings. The van der Waals surface area contributed by atoms with E-state index in [4.69, 9.17) is 10.5 Å². The normalized spacial score (nSPS) is 11.5. The summed E-state index contributed by atoms with van der Waals surface area (Å²) in [5, 5.41) is 0. The van der Waals surface area contributed by atoms with E-state index in [-0.39, 0.29) is 4.90 Å². The monoisotopic (exact) mass is 287 g/mol. The largest absolute Gasteiger partial charge is 0.397 e. The molecule has 0 saturated carbocycles. The number of nitrogens with one attached hydrogen (secondary N) is 1. The average Bonchev–Trinajstić information content (AvgIpc) is 2.38. The SMILES string of the molecule is CCOCCN(C)c1ccc(S(=O)(=O)NC)cc1N. The second-order valence-electron chi connectivity index (χ2n) is 4.05. The lowest BCUT2D eigenvalue weighted by Crippen LogP contribution is -2.24. The Hall–Kier alpha value is -1.31. The molecule has 0 radical (unpaired) electrons. The molecule has 6 nitrogen and oxygen atoms in total. The van der Waals surface area contributed by atoms with E-state index in [1.165, 1.54) is 19.2 Å². The van der Waals surface area contributed by atoms with Gasteiger partial charge in [-0.05, 0) is 32.2 Å². The molecule has 19 heavy (non-hydrogen) atoms. The zero-order chi connectivity index (χ0) is 14.5. The second-order valence-corrected chi connectivity index (χ2v) is 5.93. The van der Waals surface area contributed by atoms with Gasteiger partial charge in [0.1, 0.15) is 0 Å². The summed E-state index contributed by atoms with van der Waals surface area (Å²) >= 11 is 0. The van der Waals surface area contributed by atoms with Crippen molar-refractivity contribution >= 4 is 21.4 Å². The van der Waals surface area contributed by atoms with Gasteiger partial charge in [0, 0.05) is 20.2 Å². The van der Waals surface area contributed by atoms with Crippen molar-refractivity contribution in [3.8, 4) is 0 Å². The highest BCUT2D eigenvalue weighted by atomic mass is 32.2. The molecule has 0 fully saturated rings. The van der Waals surface area contributed by atoms with Gasteiger partial charge in [0.25, 0.3) is 0 Å². The lowest BCUT2D eigenvalue weighted by Gasteiger charge is -2.21. The molecule has 0 atom stereocenters. The standard InChI is InChI=1S/C12H21N3O3S/c1-4-18-8-7-15(3)12-6-5-10(9-11(12)13)19(16,17)14-2/h5-6,9,14H,4,7-8,13H2,1-3H3. The fourth-order valence-electron chi connectivity index (χ4n) is 1.63. The number of sulfonamides is 1. The van der Waals surface area contributed by atoms with Crippen LogP contribution < -0.4 is 15.4 Å². The van der Waals surface area contributed by atoms with E-state index in [9.17, 15) is 8.42 Å². The Morgan fingerprint density at radius 1 is 1.42 bits per heavy atom. The summed E-state index contributed by atoms with van der Waals surface area (Å²) in [5.74, 6) is 0. The number of likely N-dealkylation sites (N-methyl/N-ethyl adjacent to an activating group) is 1. The number of benzene rings is 1. The van der Waals surface area contributed by atoms with Crippen LogP contribution in [0.3, 0.4) is 0 Å². The maximum absolute atomic E-state index is 11.6. The van der Waals surface area contributed by atoms with Gasteiger partial charge < -0.3 is 15.4 Å². The molecular weight excluding hydrogens is 266 g/mol. The van der Waals surface area contributed by atoms with E-state index in [2.05, 4.69) is 4.72 Å². The number of hydrogen-bond donors (Lipinski definition) is 2. The van der Waals surface area contributed by atoms with E-state index in [0.717, 1.165) is 5.69 Å². The molecule has 0 amide bonds. The van der Waals surface area contributed by atoms with Crippen LogP contribution >= 0.6 is 0 Å². The van der Waals surface area contributed by atoms with E-state index in [1.807, 2.05) is 18.9 Å². The lowest BCUT2D eigenvalue weighted by molar-refractivity contribution is 0.154. The molecule has 0 heterocycles. The fourth-order valence-corrected chi connectivity index (χ4v) is 2.40. The summed E-state index contributed by atoms with van der Waals surface area (Å²) in [6.07, 6.45) is 0. The van der Waals surface area contributed by atoms with Crippen molar-refractivity contribution in [1.29, 1.82) is 0 Å². The average molecular weight is 287 g/mol. The zero-order valence-corrected chi connectivity index (χ0v) is 12.3. The molecular formula is C12H21N3O3S. The number of anilines is 2. The van der Waals surface area contributed by atoms with Gasteiger partial charge in [-0.1, -0.05) is 0 Å². The molecule has 1 rings (SSSR count). The Kier molecular flexibility index (Phi) is 5.59. The van der Waals surface area contributed by atoms with Gasteiger partial charge in [0.05, 0.1) is 22.9 Å². The van der Waals surface area contributed by atoms with Crippen LogP contribution in [0.1, 0.15) is 6.92 Å². The van der Waals surface area contributed by atoms with E-state index in [0.29, 0.717) is 25.4 Å². The Balaban J connectivity index is 2.88. The third kappa shape index (κ3) is 4.09. The molecule has 0 aliphatic heterocycles. The second kappa shape index (κ2) is 6.74. The number of nitrogens with zero attached hydrogens (tertiary/aromatic N) is 1. The summed E-state index contributed by atoms with van der Waals surface area (Å²) < 4.78 is 30.8. The quantitative estimate of drug-likeness (QED) is 0.568. The topological polar surface area (TPSA) is 84.7 Å². The van der Waals surface area contributed by atoms with Crippen LogP contribution in [0.2, 0.25) is 0 Å². The highest BCUT2D eigenvalue weighted by Gasteiger charge is 2.14. The maximum atomic E-state index is 11.6. The molecule has 0 aliphatic carbocycles. The predicted octanol–water partition coefficient (Wildman–Crippen LogP) is 0.650. The van der Waals surface area contributed by atoms with Gasteiger partial charge in [-0.3, -0.25) is 0 Å². The highest BCUT2D eigenvalue weighted by Crippen LogP contribution is 2.25. The molecule has 0 aromatic heterocycles. The van der Waals surface area contributed by atoms with Crippen molar-refractivity contribution in [2.45, 2.75) is 11.8 Å². The van der Waals surface area contributed by atoms with Crippen LogP contribution in [-0.2, 0) is 14.8 Å². The minimum absolute atomic E-state index is 0.162. The summed E-state index contributed by atoms with van der Waals surface area (Å²) in [6.45, 7) is 3.90. The number of hydrogen-bond acceptors (Lipinski definition) is 5. The summed E-state index contributed by atoms with van der Waals surface area (Å²) in [5.41, 5.74) is 7.12.